The molecular formula is C6H6N2O4. The maximum Gasteiger partial charge on any atom is 0.328 e. The lowest BCUT2D eigenvalue weighted by Crippen LogP contribution is -2.25. The highest BCUT2D eigenvalue weighted by Gasteiger charge is 2.10. The predicted octanol–water partition coefficient (Wildman–Crippen LogP) is -0.286. The van der Waals surface area contributed by atoms with Crippen LogP contribution in [0.15, 0.2) is 10.7 Å². The first-order chi connectivity index (χ1) is 5.61. The molecule has 0 amide bonds. The lowest BCUT2D eigenvalue weighted by molar-refractivity contribution is -0.806. The Morgan fingerprint density at radius 2 is 2.50 bits per heavy atom. The van der Waals surface area contributed by atoms with Crippen LogP contribution in [-0.2, 0) is 4.79 Å². The molecule has 0 saturated heterocycles. The summed E-state index contributed by atoms with van der Waals surface area (Å²) in [6.45, 7) is 1.48. The van der Waals surface area contributed by atoms with E-state index in [0.717, 1.165) is 6.08 Å². The van der Waals surface area contributed by atoms with Gasteiger partial charge >= 0.3 is 5.97 Å². The molecular weight excluding hydrogens is 164 g/mol. The van der Waals surface area contributed by atoms with E-state index in [1.807, 2.05) is 0 Å². The van der Waals surface area contributed by atoms with Crippen LogP contribution in [0.1, 0.15) is 11.4 Å². The van der Waals surface area contributed by atoms with Crippen LogP contribution >= 0.6 is 0 Å². The first kappa shape index (κ1) is 8.25. The van der Waals surface area contributed by atoms with Gasteiger partial charge in [-0.05, 0) is 4.90 Å². The maximum atomic E-state index is 10.6. The second-order valence-electron chi connectivity index (χ2n) is 2.07. The molecule has 0 unspecified atom stereocenters. The van der Waals surface area contributed by atoms with E-state index in [1.54, 1.807) is 0 Å². The van der Waals surface area contributed by atoms with Crippen molar-refractivity contribution in [3.8, 4) is 0 Å². The Labute approximate surface area is 67.3 Å². The van der Waals surface area contributed by atoms with Gasteiger partial charge in [0.1, 0.15) is 0 Å². The van der Waals surface area contributed by atoms with Crippen molar-refractivity contribution in [2.45, 2.75) is 6.92 Å². The van der Waals surface area contributed by atoms with Gasteiger partial charge in [0.2, 0.25) is 5.69 Å². The summed E-state index contributed by atoms with van der Waals surface area (Å²) in [4.78, 5) is 10.3. The zero-order chi connectivity index (χ0) is 9.14. The second-order valence-corrected chi connectivity index (χ2v) is 2.07. The highest BCUT2D eigenvalue weighted by Crippen LogP contribution is 2.00. The predicted molar refractivity (Wildman–Crippen MR) is 36.9 cm³/mol. The summed E-state index contributed by atoms with van der Waals surface area (Å²) in [7, 11) is 0. The minimum Gasteiger partial charge on any atom is -0.478 e. The van der Waals surface area contributed by atoms with Crippen molar-refractivity contribution in [3.63, 3.8) is 0 Å². The molecule has 12 heavy (non-hydrogen) atoms. The van der Waals surface area contributed by atoms with Crippen LogP contribution in [0, 0.1) is 12.1 Å². The van der Waals surface area contributed by atoms with Crippen LogP contribution in [0.4, 0.5) is 0 Å². The Hall–Kier alpha value is -1.85. The number of rotatable bonds is 2. The van der Waals surface area contributed by atoms with Crippen LogP contribution in [0.2, 0.25) is 0 Å². The minimum absolute atomic E-state index is 0.210. The first-order valence-electron chi connectivity index (χ1n) is 3.08. The Morgan fingerprint density at radius 1 is 1.83 bits per heavy atom. The van der Waals surface area contributed by atoms with Gasteiger partial charge in [-0.3, -0.25) is 4.63 Å². The third-order valence-electron chi connectivity index (χ3n) is 1.24. The number of carboxylic acid groups (broad SMARTS) is 1. The highest BCUT2D eigenvalue weighted by molar-refractivity contribution is 5.84. The molecule has 6 heteroatoms. The van der Waals surface area contributed by atoms with Gasteiger partial charge in [0.15, 0.2) is 5.69 Å². The fraction of sp³-hybridized carbons (Fsp3) is 0.167. The minimum atomic E-state index is -1.10. The average molecular weight is 170 g/mol. The van der Waals surface area contributed by atoms with Gasteiger partial charge in [0, 0.05) is 24.2 Å². The van der Waals surface area contributed by atoms with Gasteiger partial charge in [-0.1, -0.05) is 0 Å². The van der Waals surface area contributed by atoms with E-state index >= 15 is 0 Å². The summed E-state index contributed by atoms with van der Waals surface area (Å²) >= 11 is 0. The van der Waals surface area contributed by atoms with E-state index in [1.165, 1.54) is 13.0 Å². The standard InChI is InChI=1S/C6H6N2O4/c1-4-5(2-3-6(9)10)7-12-8(4)11/h2-3H,1H3,(H,9,10). The van der Waals surface area contributed by atoms with Crippen LogP contribution in [0.25, 0.3) is 6.08 Å². The van der Waals surface area contributed by atoms with Crippen LogP contribution in [0.3, 0.4) is 0 Å². The summed E-state index contributed by atoms with van der Waals surface area (Å²) in [5.41, 5.74) is 0.444. The summed E-state index contributed by atoms with van der Waals surface area (Å²) in [5, 5.41) is 22.1. The molecule has 0 spiro atoms. The molecule has 0 radical (unpaired) electrons. The van der Waals surface area contributed by atoms with E-state index in [-0.39, 0.29) is 16.3 Å². The van der Waals surface area contributed by atoms with Crippen molar-refractivity contribution < 1.29 is 19.4 Å². The fourth-order valence-corrected chi connectivity index (χ4v) is 0.603. The van der Waals surface area contributed by atoms with Crippen molar-refractivity contribution in [1.29, 1.82) is 0 Å². The van der Waals surface area contributed by atoms with E-state index < -0.39 is 5.97 Å². The topological polar surface area (TPSA) is 90.3 Å². The number of carbonyl (C=O) groups is 1. The molecule has 6 nitrogen and oxygen atoms in total. The normalized spacial score (nSPS) is 10.8. The molecule has 1 aromatic rings. The quantitative estimate of drug-likeness (QED) is 0.486. The summed E-state index contributed by atoms with van der Waals surface area (Å²) in [6.07, 6.45) is 2.07. The molecule has 0 fully saturated rings. The van der Waals surface area contributed by atoms with Gasteiger partial charge in [0.05, 0.1) is 0 Å². The van der Waals surface area contributed by atoms with Crippen molar-refractivity contribution in [3.05, 3.63) is 22.7 Å². The Kier molecular flexibility index (Phi) is 2.09. The van der Waals surface area contributed by atoms with Crippen LogP contribution in [0.5, 0.6) is 0 Å². The largest absolute Gasteiger partial charge is 0.478 e. The third kappa shape index (κ3) is 1.60. The van der Waals surface area contributed by atoms with Gasteiger partial charge < -0.3 is 10.3 Å². The number of aliphatic carboxylic acids is 1. The number of hydrogen-bond donors (Lipinski definition) is 1. The molecule has 1 heterocycles. The number of aromatic nitrogens is 2. The molecule has 1 aromatic heterocycles. The molecule has 64 valence electrons. The van der Waals surface area contributed by atoms with Crippen molar-refractivity contribution in [2.75, 3.05) is 0 Å². The Bertz CT molecular complexity index is 328. The van der Waals surface area contributed by atoms with Crippen molar-refractivity contribution in [1.82, 2.24) is 5.16 Å². The highest BCUT2D eigenvalue weighted by atomic mass is 16.8. The summed E-state index contributed by atoms with van der Waals surface area (Å²) < 4.78 is 4.19. The van der Waals surface area contributed by atoms with Crippen LogP contribution in [-0.4, -0.2) is 16.2 Å². The van der Waals surface area contributed by atoms with Crippen molar-refractivity contribution in [2.24, 2.45) is 0 Å². The summed E-state index contributed by atoms with van der Waals surface area (Å²) in [6, 6.07) is 0. The summed E-state index contributed by atoms with van der Waals surface area (Å²) in [5.74, 6) is -1.10. The van der Waals surface area contributed by atoms with E-state index in [0.29, 0.717) is 0 Å². The van der Waals surface area contributed by atoms with E-state index in [9.17, 15) is 10.0 Å². The Balaban J connectivity index is 2.90. The van der Waals surface area contributed by atoms with Gasteiger partial charge in [-0.2, -0.15) is 0 Å². The molecule has 1 N–H and O–H groups in total. The third-order valence-corrected chi connectivity index (χ3v) is 1.24. The molecule has 0 aromatic carbocycles. The Morgan fingerprint density at radius 3 is 2.92 bits per heavy atom. The van der Waals surface area contributed by atoms with Gasteiger partial charge in [-0.25, -0.2) is 4.79 Å². The maximum absolute atomic E-state index is 10.6. The number of hydrogen-bond acceptors (Lipinski definition) is 4. The first-order valence-corrected chi connectivity index (χ1v) is 3.08. The second kappa shape index (κ2) is 3.04. The zero-order valence-corrected chi connectivity index (χ0v) is 6.22. The molecule has 0 aliphatic rings. The van der Waals surface area contributed by atoms with E-state index in [2.05, 4.69) is 9.79 Å². The average Bonchev–Trinajstić information content (AvgIpc) is 2.30. The lowest BCUT2D eigenvalue weighted by atomic mass is 10.3. The molecule has 1 rings (SSSR count). The number of nitrogens with zero attached hydrogens (tertiary/aromatic N) is 2. The zero-order valence-electron chi connectivity index (χ0n) is 6.22. The molecule has 0 saturated carbocycles. The molecule has 0 atom stereocenters. The molecule has 0 bridgehead atoms. The van der Waals surface area contributed by atoms with Gasteiger partial charge in [-0.15, -0.1) is 0 Å². The van der Waals surface area contributed by atoms with Crippen molar-refractivity contribution >= 4 is 12.0 Å². The lowest BCUT2D eigenvalue weighted by Gasteiger charge is -1.83. The molecule has 0 aliphatic heterocycles. The van der Waals surface area contributed by atoms with Crippen LogP contribution < -0.4 is 4.90 Å². The van der Waals surface area contributed by atoms with E-state index in [4.69, 9.17) is 5.11 Å². The monoisotopic (exact) mass is 170 g/mol. The smallest absolute Gasteiger partial charge is 0.328 e. The number of carboxylic acids is 1. The SMILES string of the molecule is Cc1c(C=CC(=O)O)no[n+]1[O-]. The van der Waals surface area contributed by atoms with Gasteiger partial charge in [0.25, 0.3) is 0 Å². The fourth-order valence-electron chi connectivity index (χ4n) is 0.603. The molecule has 0 aliphatic carbocycles.